The van der Waals surface area contributed by atoms with Crippen LogP contribution < -0.4 is 10.6 Å². The highest BCUT2D eigenvalue weighted by atomic mass is 35.5. The molecule has 1 amide bonds. The van der Waals surface area contributed by atoms with Crippen LogP contribution in [-0.4, -0.2) is 76.4 Å². The molecule has 11 heteroatoms. The zero-order chi connectivity index (χ0) is 26.8. The Morgan fingerprint density at radius 1 is 1.13 bits per heavy atom. The zero-order valence-corrected chi connectivity index (χ0v) is 23.7. The van der Waals surface area contributed by atoms with Gasteiger partial charge in [0.05, 0.1) is 22.0 Å². The number of anilines is 2. The third-order valence-corrected chi connectivity index (χ3v) is 9.12. The Morgan fingerprint density at radius 2 is 2.00 bits per heavy atom. The molecule has 2 aromatic heterocycles. The van der Waals surface area contributed by atoms with Crippen LogP contribution in [0.5, 0.6) is 0 Å². The molecule has 39 heavy (non-hydrogen) atoms. The number of dihydropyridines is 1. The molecule has 0 radical (unpaired) electrons. The van der Waals surface area contributed by atoms with Crippen LogP contribution >= 0.6 is 34.5 Å². The number of hydrogen-bond acceptors (Lipinski definition) is 8. The number of aromatic nitrogens is 2. The van der Waals surface area contributed by atoms with E-state index in [2.05, 4.69) is 48.6 Å². The van der Waals surface area contributed by atoms with Crippen molar-refractivity contribution in [2.45, 2.75) is 13.0 Å². The normalized spacial score (nSPS) is 17.8. The van der Waals surface area contributed by atoms with E-state index in [1.807, 2.05) is 17.0 Å². The molecule has 202 valence electrons. The monoisotopic (exact) mass is 581 g/mol. The number of piperazine rings is 1. The molecule has 2 N–H and O–H groups in total. The number of benzene rings is 1. The second-order valence-electron chi connectivity index (χ2n) is 9.72. The molecule has 0 saturated carbocycles. The van der Waals surface area contributed by atoms with E-state index in [0.717, 1.165) is 72.3 Å². The van der Waals surface area contributed by atoms with Crippen molar-refractivity contribution in [3.63, 3.8) is 0 Å². The number of hydrogen-bond donors (Lipinski definition) is 2. The highest BCUT2D eigenvalue weighted by Crippen LogP contribution is 2.38. The summed E-state index contributed by atoms with van der Waals surface area (Å²) in [6.07, 6.45) is 12.4. The van der Waals surface area contributed by atoms with Crippen LogP contribution in [0.25, 0.3) is 10.2 Å². The molecule has 0 atom stereocenters. The number of rotatable bonds is 6. The van der Waals surface area contributed by atoms with Gasteiger partial charge in [-0.2, -0.15) is 0 Å². The van der Waals surface area contributed by atoms with Crippen molar-refractivity contribution in [1.29, 1.82) is 0 Å². The van der Waals surface area contributed by atoms with E-state index < -0.39 is 0 Å². The van der Waals surface area contributed by atoms with Crippen LogP contribution in [0.1, 0.15) is 10.4 Å². The first-order valence-corrected chi connectivity index (χ1v) is 14.6. The Balaban J connectivity index is 1.07. The van der Waals surface area contributed by atoms with Gasteiger partial charge in [0.2, 0.25) is 5.91 Å². The van der Waals surface area contributed by atoms with Gasteiger partial charge in [-0.05, 0) is 36.3 Å². The van der Waals surface area contributed by atoms with Crippen molar-refractivity contribution in [2.24, 2.45) is 0 Å². The molecule has 0 spiro atoms. The molecule has 0 bridgehead atoms. The van der Waals surface area contributed by atoms with E-state index in [0.29, 0.717) is 23.1 Å². The summed E-state index contributed by atoms with van der Waals surface area (Å²) >= 11 is 13.9. The van der Waals surface area contributed by atoms with Crippen molar-refractivity contribution in [3.05, 3.63) is 81.2 Å². The van der Waals surface area contributed by atoms with Gasteiger partial charge in [0.15, 0.2) is 0 Å². The molecular weight excluding hydrogens is 553 g/mol. The van der Waals surface area contributed by atoms with Gasteiger partial charge in [-0.1, -0.05) is 41.4 Å². The molecular formula is C28H29Cl2N7OS. The summed E-state index contributed by atoms with van der Waals surface area (Å²) in [5, 5.41) is 8.80. The van der Waals surface area contributed by atoms with Crippen molar-refractivity contribution >= 4 is 62.2 Å². The quantitative estimate of drug-likeness (QED) is 0.405. The lowest BCUT2D eigenvalue weighted by Crippen LogP contribution is -2.48. The van der Waals surface area contributed by atoms with Gasteiger partial charge in [0.25, 0.3) is 0 Å². The third kappa shape index (κ3) is 5.77. The molecule has 3 aliphatic heterocycles. The van der Waals surface area contributed by atoms with Crippen LogP contribution in [-0.2, 0) is 17.8 Å². The summed E-state index contributed by atoms with van der Waals surface area (Å²) in [5.74, 6) is 2.00. The Kier molecular flexibility index (Phi) is 7.74. The SMILES string of the molecule is O=C(/C=C/CN1CCN(C2=CC=CCN2)CC1)N1CCc2c(sc3ncnc(Nc4ccc(Cl)c(Cl)c4)c23)C1. The summed E-state index contributed by atoms with van der Waals surface area (Å²) in [7, 11) is 0. The van der Waals surface area contributed by atoms with Crippen molar-refractivity contribution < 1.29 is 4.79 Å². The van der Waals surface area contributed by atoms with Crippen LogP contribution in [0.2, 0.25) is 10.0 Å². The lowest BCUT2D eigenvalue weighted by molar-refractivity contribution is -0.126. The summed E-state index contributed by atoms with van der Waals surface area (Å²) in [5.41, 5.74) is 2.02. The lowest BCUT2D eigenvalue weighted by Gasteiger charge is -2.37. The van der Waals surface area contributed by atoms with Crippen molar-refractivity contribution in [2.75, 3.05) is 51.1 Å². The Hall–Kier alpha value is -3.11. The van der Waals surface area contributed by atoms with Gasteiger partial charge in [0, 0.05) is 62.5 Å². The largest absolute Gasteiger partial charge is 0.368 e. The number of allylic oxidation sites excluding steroid dienone is 2. The minimum absolute atomic E-state index is 0.0559. The van der Waals surface area contributed by atoms with E-state index in [-0.39, 0.29) is 5.91 Å². The highest BCUT2D eigenvalue weighted by molar-refractivity contribution is 7.19. The minimum Gasteiger partial charge on any atom is -0.368 e. The van der Waals surface area contributed by atoms with E-state index in [9.17, 15) is 4.79 Å². The standard InChI is InChI=1S/C28H29Cl2N7OS/c29-21-7-6-19(16-22(21)30)34-27-26-20-8-11-37(17-23(20)39-28(26)33-18-32-27)25(38)5-3-10-35-12-14-36(15-13-35)24-4-1-2-9-31-24/h1-7,16,18,31H,8-15,17H2,(H,32,33,34)/b5-3+. The molecule has 6 rings (SSSR count). The molecule has 1 fully saturated rings. The molecule has 0 unspecified atom stereocenters. The Labute approximate surface area is 241 Å². The van der Waals surface area contributed by atoms with Crippen LogP contribution in [0.15, 0.2) is 60.7 Å². The van der Waals surface area contributed by atoms with Gasteiger partial charge >= 0.3 is 0 Å². The van der Waals surface area contributed by atoms with Gasteiger partial charge in [0.1, 0.15) is 22.8 Å². The zero-order valence-electron chi connectivity index (χ0n) is 21.4. The summed E-state index contributed by atoms with van der Waals surface area (Å²) in [6.45, 7) is 6.86. The first kappa shape index (κ1) is 26.1. The number of halogens is 2. The van der Waals surface area contributed by atoms with Crippen molar-refractivity contribution in [3.8, 4) is 0 Å². The predicted molar refractivity (Wildman–Crippen MR) is 159 cm³/mol. The number of thiophene rings is 1. The average Bonchev–Trinajstić information content (AvgIpc) is 3.35. The second kappa shape index (κ2) is 11.6. The second-order valence-corrected chi connectivity index (χ2v) is 11.6. The number of fused-ring (bicyclic) bond motifs is 3. The maximum Gasteiger partial charge on any atom is 0.246 e. The first-order valence-electron chi connectivity index (χ1n) is 13.1. The van der Waals surface area contributed by atoms with E-state index >= 15 is 0 Å². The Morgan fingerprint density at radius 3 is 2.79 bits per heavy atom. The van der Waals surface area contributed by atoms with Crippen LogP contribution in [0, 0.1) is 0 Å². The first-order chi connectivity index (χ1) is 19.0. The fourth-order valence-corrected chi connectivity index (χ4v) is 6.67. The molecule has 0 aliphatic carbocycles. The van der Waals surface area contributed by atoms with E-state index in [4.69, 9.17) is 23.2 Å². The molecule has 3 aromatic rings. The number of nitrogens with zero attached hydrogens (tertiary/aromatic N) is 5. The van der Waals surface area contributed by atoms with Gasteiger partial charge < -0.3 is 20.4 Å². The minimum atomic E-state index is 0.0559. The van der Waals surface area contributed by atoms with Crippen LogP contribution in [0.3, 0.4) is 0 Å². The number of carbonyl (C=O) groups excluding carboxylic acids is 1. The smallest absolute Gasteiger partial charge is 0.246 e. The number of amides is 1. The predicted octanol–water partition coefficient (Wildman–Crippen LogP) is 4.80. The van der Waals surface area contributed by atoms with Gasteiger partial charge in [-0.25, -0.2) is 9.97 Å². The molecule has 1 aromatic carbocycles. The van der Waals surface area contributed by atoms with Gasteiger partial charge in [-0.15, -0.1) is 11.3 Å². The fraction of sp³-hybridized carbons (Fsp3) is 0.321. The fourth-order valence-electron chi connectivity index (χ4n) is 5.17. The highest BCUT2D eigenvalue weighted by Gasteiger charge is 2.26. The molecule has 1 saturated heterocycles. The lowest BCUT2D eigenvalue weighted by atomic mass is 10.0. The summed E-state index contributed by atoms with van der Waals surface area (Å²) < 4.78 is 0. The number of carbonyl (C=O) groups is 1. The topological polar surface area (TPSA) is 76.6 Å². The Bertz CT molecular complexity index is 1480. The number of nitrogens with one attached hydrogen (secondary N) is 2. The molecule has 3 aliphatic rings. The summed E-state index contributed by atoms with van der Waals surface area (Å²) in [6, 6.07) is 5.42. The van der Waals surface area contributed by atoms with Crippen molar-refractivity contribution in [1.82, 2.24) is 30.0 Å². The average molecular weight is 583 g/mol. The summed E-state index contributed by atoms with van der Waals surface area (Å²) in [4.78, 5) is 30.8. The van der Waals surface area contributed by atoms with E-state index in [1.165, 1.54) is 11.4 Å². The molecule has 8 nitrogen and oxygen atoms in total. The van der Waals surface area contributed by atoms with Gasteiger partial charge in [-0.3, -0.25) is 9.69 Å². The maximum atomic E-state index is 13.0. The molecule has 5 heterocycles. The maximum absolute atomic E-state index is 13.0. The third-order valence-electron chi connectivity index (χ3n) is 7.26. The van der Waals surface area contributed by atoms with Crippen LogP contribution in [0.4, 0.5) is 11.5 Å². The van der Waals surface area contributed by atoms with E-state index in [1.54, 1.807) is 35.9 Å².